The minimum absolute atomic E-state index is 0.0255. The van der Waals surface area contributed by atoms with Gasteiger partial charge in [-0.05, 0) is 37.6 Å². The van der Waals surface area contributed by atoms with E-state index in [9.17, 15) is 23.3 Å². The van der Waals surface area contributed by atoms with E-state index in [2.05, 4.69) is 10.0 Å². The van der Waals surface area contributed by atoms with Gasteiger partial charge in [-0.1, -0.05) is 35.3 Å². The maximum absolute atomic E-state index is 12.5. The van der Waals surface area contributed by atoms with Gasteiger partial charge in [-0.2, -0.15) is 0 Å². The number of non-ortho nitro benzene ring substituents is 1. The number of carbonyl (C=O) groups is 1. The standard InChI is InChI=1S/C18H19Cl2N3O5S/c1-18(2,12-6-7-15(19)16(20)10-12)17(24)21-8-9-22-29(27,28)14-5-3-4-13(11-14)23(25)26/h3-7,10-11,22H,8-9H2,1-2H3,(H,21,24). The predicted molar refractivity (Wildman–Crippen MR) is 111 cm³/mol. The second-order valence-corrected chi connectivity index (χ2v) is 9.24. The number of sulfonamides is 1. The van der Waals surface area contributed by atoms with Crippen molar-refractivity contribution in [2.75, 3.05) is 13.1 Å². The van der Waals surface area contributed by atoms with E-state index in [0.717, 1.165) is 6.07 Å². The van der Waals surface area contributed by atoms with Crippen molar-refractivity contribution in [1.29, 1.82) is 0 Å². The molecule has 0 aliphatic heterocycles. The van der Waals surface area contributed by atoms with Crippen molar-refractivity contribution in [2.45, 2.75) is 24.2 Å². The summed E-state index contributed by atoms with van der Waals surface area (Å²) in [5.41, 5.74) is -0.598. The number of carbonyl (C=O) groups excluding carboxylic acids is 1. The monoisotopic (exact) mass is 459 g/mol. The van der Waals surface area contributed by atoms with Crippen LogP contribution < -0.4 is 10.0 Å². The normalized spacial score (nSPS) is 11.9. The van der Waals surface area contributed by atoms with Crippen molar-refractivity contribution in [3.63, 3.8) is 0 Å². The zero-order valence-electron chi connectivity index (χ0n) is 15.6. The number of nitro benzene ring substituents is 1. The Morgan fingerprint density at radius 2 is 1.79 bits per heavy atom. The maximum Gasteiger partial charge on any atom is 0.270 e. The van der Waals surface area contributed by atoms with Gasteiger partial charge < -0.3 is 5.32 Å². The van der Waals surface area contributed by atoms with Gasteiger partial charge in [0.1, 0.15) is 0 Å². The fraction of sp³-hybridized carbons (Fsp3) is 0.278. The fourth-order valence-corrected chi connectivity index (χ4v) is 3.82. The van der Waals surface area contributed by atoms with E-state index in [1.807, 2.05) is 0 Å². The molecule has 0 saturated heterocycles. The van der Waals surface area contributed by atoms with Crippen LogP contribution >= 0.6 is 23.2 Å². The molecule has 2 N–H and O–H groups in total. The number of nitro groups is 1. The Balaban J connectivity index is 1.97. The average Bonchev–Trinajstić information content (AvgIpc) is 2.67. The SMILES string of the molecule is CC(C)(C(=O)NCCNS(=O)(=O)c1cccc([N+](=O)[O-])c1)c1ccc(Cl)c(Cl)c1. The lowest BCUT2D eigenvalue weighted by atomic mass is 9.84. The van der Waals surface area contributed by atoms with Gasteiger partial charge in [-0.25, -0.2) is 13.1 Å². The van der Waals surface area contributed by atoms with Gasteiger partial charge in [0, 0.05) is 25.2 Å². The molecule has 2 aromatic carbocycles. The van der Waals surface area contributed by atoms with E-state index in [-0.39, 0.29) is 29.6 Å². The molecule has 0 unspecified atom stereocenters. The number of amides is 1. The summed E-state index contributed by atoms with van der Waals surface area (Å²) in [6.07, 6.45) is 0. The van der Waals surface area contributed by atoms with Crippen molar-refractivity contribution in [1.82, 2.24) is 10.0 Å². The number of benzene rings is 2. The molecule has 2 rings (SSSR count). The van der Waals surface area contributed by atoms with E-state index in [1.54, 1.807) is 32.0 Å². The second kappa shape index (κ2) is 9.08. The number of nitrogens with one attached hydrogen (secondary N) is 2. The molecule has 11 heteroatoms. The summed E-state index contributed by atoms with van der Waals surface area (Å²) < 4.78 is 26.8. The summed E-state index contributed by atoms with van der Waals surface area (Å²) in [6.45, 7) is 3.34. The second-order valence-electron chi connectivity index (χ2n) is 6.66. The highest BCUT2D eigenvalue weighted by Crippen LogP contribution is 2.30. The number of rotatable bonds is 8. The van der Waals surface area contributed by atoms with E-state index in [0.29, 0.717) is 15.6 Å². The van der Waals surface area contributed by atoms with Crippen LogP contribution in [-0.4, -0.2) is 32.3 Å². The number of hydrogen-bond donors (Lipinski definition) is 2. The first-order chi connectivity index (χ1) is 13.4. The van der Waals surface area contributed by atoms with E-state index in [1.165, 1.54) is 18.2 Å². The van der Waals surface area contributed by atoms with Crippen LogP contribution in [0.1, 0.15) is 19.4 Å². The van der Waals surface area contributed by atoms with Crippen LogP contribution in [0.4, 0.5) is 5.69 Å². The van der Waals surface area contributed by atoms with Crippen LogP contribution in [0.15, 0.2) is 47.4 Å². The molecule has 0 aromatic heterocycles. The zero-order valence-corrected chi connectivity index (χ0v) is 17.9. The molecule has 156 valence electrons. The Morgan fingerprint density at radius 3 is 2.41 bits per heavy atom. The highest BCUT2D eigenvalue weighted by atomic mass is 35.5. The first-order valence-corrected chi connectivity index (χ1v) is 10.7. The minimum atomic E-state index is -3.95. The minimum Gasteiger partial charge on any atom is -0.354 e. The molecule has 0 radical (unpaired) electrons. The molecule has 0 heterocycles. The van der Waals surface area contributed by atoms with Gasteiger partial charge >= 0.3 is 0 Å². The third kappa shape index (κ3) is 5.66. The molecule has 29 heavy (non-hydrogen) atoms. The lowest BCUT2D eigenvalue weighted by Crippen LogP contribution is -2.43. The Kier molecular flexibility index (Phi) is 7.23. The van der Waals surface area contributed by atoms with E-state index < -0.39 is 20.4 Å². The molecular weight excluding hydrogens is 441 g/mol. The first kappa shape index (κ1) is 23.1. The van der Waals surface area contributed by atoms with Crippen LogP contribution in [-0.2, 0) is 20.2 Å². The third-order valence-corrected chi connectivity index (χ3v) is 6.45. The zero-order chi connectivity index (χ0) is 21.8. The molecule has 0 aliphatic carbocycles. The quantitative estimate of drug-likeness (QED) is 0.356. The summed E-state index contributed by atoms with van der Waals surface area (Å²) in [7, 11) is -3.95. The Bertz CT molecular complexity index is 1040. The molecule has 8 nitrogen and oxygen atoms in total. The number of hydrogen-bond acceptors (Lipinski definition) is 5. The summed E-state index contributed by atoms with van der Waals surface area (Å²) in [5, 5.41) is 14.2. The average molecular weight is 460 g/mol. The third-order valence-electron chi connectivity index (χ3n) is 4.25. The van der Waals surface area contributed by atoms with Crippen LogP contribution in [0.25, 0.3) is 0 Å². The van der Waals surface area contributed by atoms with Crippen LogP contribution in [0.5, 0.6) is 0 Å². The number of halogens is 2. The molecule has 0 aliphatic rings. The van der Waals surface area contributed by atoms with Gasteiger partial charge in [0.25, 0.3) is 5.69 Å². The smallest absolute Gasteiger partial charge is 0.270 e. The Hall–Kier alpha value is -2.20. The summed E-state index contributed by atoms with van der Waals surface area (Å²) in [5.74, 6) is -0.328. The van der Waals surface area contributed by atoms with Crippen LogP contribution in [0.3, 0.4) is 0 Å². The predicted octanol–water partition coefficient (Wildman–Crippen LogP) is 3.27. The molecule has 0 fully saturated rings. The van der Waals surface area contributed by atoms with Crippen molar-refractivity contribution >= 4 is 44.8 Å². The van der Waals surface area contributed by atoms with Gasteiger partial charge in [0.2, 0.25) is 15.9 Å². The van der Waals surface area contributed by atoms with Crippen molar-refractivity contribution in [2.24, 2.45) is 0 Å². The number of nitrogens with zero attached hydrogens (tertiary/aromatic N) is 1. The lowest BCUT2D eigenvalue weighted by Gasteiger charge is -2.24. The molecule has 0 spiro atoms. The maximum atomic E-state index is 12.5. The van der Waals surface area contributed by atoms with Crippen molar-refractivity contribution in [3.05, 3.63) is 68.2 Å². The van der Waals surface area contributed by atoms with Gasteiger partial charge in [-0.3, -0.25) is 14.9 Å². The molecule has 0 atom stereocenters. The highest BCUT2D eigenvalue weighted by molar-refractivity contribution is 7.89. The lowest BCUT2D eigenvalue weighted by molar-refractivity contribution is -0.385. The molecule has 1 amide bonds. The summed E-state index contributed by atoms with van der Waals surface area (Å²) >= 11 is 11.9. The van der Waals surface area contributed by atoms with Gasteiger partial charge in [0.05, 0.1) is 25.3 Å². The van der Waals surface area contributed by atoms with Gasteiger partial charge in [0.15, 0.2) is 0 Å². The van der Waals surface area contributed by atoms with E-state index in [4.69, 9.17) is 23.2 Å². The molecular formula is C18H19Cl2N3O5S. The Labute approximate surface area is 178 Å². The summed E-state index contributed by atoms with van der Waals surface area (Å²) in [4.78, 5) is 22.4. The topological polar surface area (TPSA) is 118 Å². The first-order valence-electron chi connectivity index (χ1n) is 8.43. The van der Waals surface area contributed by atoms with Crippen molar-refractivity contribution in [3.8, 4) is 0 Å². The van der Waals surface area contributed by atoms with Crippen LogP contribution in [0, 0.1) is 10.1 Å². The molecule has 0 saturated carbocycles. The summed E-state index contributed by atoms with van der Waals surface area (Å²) in [6, 6.07) is 9.60. The van der Waals surface area contributed by atoms with Gasteiger partial charge in [-0.15, -0.1) is 0 Å². The highest BCUT2D eigenvalue weighted by Gasteiger charge is 2.30. The Morgan fingerprint density at radius 1 is 1.10 bits per heavy atom. The largest absolute Gasteiger partial charge is 0.354 e. The fourth-order valence-electron chi connectivity index (χ4n) is 2.45. The molecule has 0 bridgehead atoms. The van der Waals surface area contributed by atoms with E-state index >= 15 is 0 Å². The molecule has 2 aromatic rings. The van der Waals surface area contributed by atoms with Crippen molar-refractivity contribution < 1.29 is 18.1 Å². The van der Waals surface area contributed by atoms with Crippen LogP contribution in [0.2, 0.25) is 10.0 Å².